The number of hydrogen-bond acceptors (Lipinski definition) is 4. The molecule has 1 amide bonds. The second-order valence-corrected chi connectivity index (χ2v) is 8.15. The van der Waals surface area contributed by atoms with E-state index >= 15 is 0 Å². The van der Waals surface area contributed by atoms with E-state index < -0.39 is 0 Å². The van der Waals surface area contributed by atoms with E-state index in [4.69, 9.17) is 11.6 Å². The van der Waals surface area contributed by atoms with Gasteiger partial charge in [0.15, 0.2) is 0 Å². The Kier molecular flexibility index (Phi) is 6.45. The quantitative estimate of drug-likeness (QED) is 0.606. The molecule has 156 valence electrons. The summed E-state index contributed by atoms with van der Waals surface area (Å²) in [5.41, 5.74) is 2.61. The predicted octanol–water partition coefficient (Wildman–Crippen LogP) is 3.70. The van der Waals surface area contributed by atoms with Crippen LogP contribution in [0.25, 0.3) is 5.69 Å². The summed E-state index contributed by atoms with van der Waals surface area (Å²) in [6, 6.07) is 13.7. The normalized spacial score (nSPS) is 15.3. The minimum absolute atomic E-state index is 0.0159. The third kappa shape index (κ3) is 4.89. The number of piperidine rings is 1. The molecule has 3 heterocycles. The minimum atomic E-state index is 0.0159. The zero-order valence-electron chi connectivity index (χ0n) is 17.1. The molecular formula is C23H26ClN5O. The third-order valence-electron chi connectivity index (χ3n) is 5.76. The van der Waals surface area contributed by atoms with Crippen LogP contribution >= 0.6 is 11.6 Å². The fraction of sp³-hybridized carbons (Fsp3) is 0.348. The molecule has 0 saturated carbocycles. The van der Waals surface area contributed by atoms with E-state index in [0.29, 0.717) is 10.6 Å². The molecule has 1 fully saturated rings. The Morgan fingerprint density at radius 2 is 1.93 bits per heavy atom. The molecule has 4 rings (SSSR count). The zero-order valence-corrected chi connectivity index (χ0v) is 17.9. The number of amides is 1. The molecule has 6 nitrogen and oxygen atoms in total. The van der Waals surface area contributed by atoms with Gasteiger partial charge in [0.05, 0.1) is 17.4 Å². The van der Waals surface area contributed by atoms with Crippen molar-refractivity contribution in [2.75, 3.05) is 26.7 Å². The fourth-order valence-corrected chi connectivity index (χ4v) is 4.01. The molecule has 2 aromatic heterocycles. The first-order chi connectivity index (χ1) is 14.6. The Bertz CT molecular complexity index is 965. The number of hydrogen-bond donors (Lipinski definition) is 0. The second kappa shape index (κ2) is 9.41. The number of benzene rings is 1. The molecule has 3 aromatic rings. The molecule has 1 aliphatic rings. The first-order valence-electron chi connectivity index (χ1n) is 10.3. The van der Waals surface area contributed by atoms with Gasteiger partial charge in [-0.2, -0.15) is 5.10 Å². The van der Waals surface area contributed by atoms with E-state index in [1.165, 1.54) is 0 Å². The molecule has 0 spiro atoms. The van der Waals surface area contributed by atoms with Crippen LogP contribution in [-0.4, -0.2) is 63.2 Å². The summed E-state index contributed by atoms with van der Waals surface area (Å²) in [5, 5.41) is 5.02. The first kappa shape index (κ1) is 20.6. The Morgan fingerprint density at radius 1 is 1.17 bits per heavy atom. The van der Waals surface area contributed by atoms with Crippen molar-refractivity contribution in [2.45, 2.75) is 25.3 Å². The van der Waals surface area contributed by atoms with Crippen LogP contribution in [0.1, 0.15) is 28.9 Å². The lowest BCUT2D eigenvalue weighted by molar-refractivity contribution is 0.0643. The largest absolute Gasteiger partial charge is 0.339 e. The zero-order chi connectivity index (χ0) is 20.9. The van der Waals surface area contributed by atoms with Crippen molar-refractivity contribution in [3.8, 4) is 5.69 Å². The summed E-state index contributed by atoms with van der Waals surface area (Å²) in [5.74, 6) is 0.0159. The number of likely N-dealkylation sites (tertiary alicyclic amines) is 1. The highest BCUT2D eigenvalue weighted by Gasteiger charge is 2.26. The van der Waals surface area contributed by atoms with Crippen LogP contribution in [0.4, 0.5) is 0 Å². The maximum absolute atomic E-state index is 13.0. The van der Waals surface area contributed by atoms with Gasteiger partial charge in [-0.05, 0) is 49.2 Å². The van der Waals surface area contributed by atoms with E-state index in [9.17, 15) is 4.79 Å². The van der Waals surface area contributed by atoms with E-state index in [1.54, 1.807) is 17.1 Å². The highest BCUT2D eigenvalue weighted by atomic mass is 35.5. The number of carbonyl (C=O) groups is 1. The van der Waals surface area contributed by atoms with Gasteiger partial charge in [-0.25, -0.2) is 4.68 Å². The van der Waals surface area contributed by atoms with Gasteiger partial charge in [0.25, 0.3) is 5.91 Å². The van der Waals surface area contributed by atoms with Gasteiger partial charge < -0.3 is 9.80 Å². The lowest BCUT2D eigenvalue weighted by Gasteiger charge is -2.36. The van der Waals surface area contributed by atoms with Crippen LogP contribution < -0.4 is 0 Å². The number of aromatic nitrogens is 3. The van der Waals surface area contributed by atoms with Gasteiger partial charge >= 0.3 is 0 Å². The second-order valence-electron chi connectivity index (χ2n) is 7.71. The van der Waals surface area contributed by atoms with E-state index in [1.807, 2.05) is 54.5 Å². The monoisotopic (exact) mass is 423 g/mol. The van der Waals surface area contributed by atoms with Crippen LogP contribution in [0, 0.1) is 0 Å². The Balaban J connectivity index is 1.30. The van der Waals surface area contributed by atoms with Crippen LogP contribution in [0.3, 0.4) is 0 Å². The molecule has 0 aliphatic carbocycles. The standard InChI is InChI=1S/C23H26ClN5O/c1-27(21-10-14-28(15-11-21)13-9-20-4-2-3-12-25-20)23(30)18-16-26-29(17-18)22-7-5-19(24)6-8-22/h2-8,12,16-17,21H,9-11,13-15H2,1H3. The number of halogens is 1. The molecule has 0 bridgehead atoms. The summed E-state index contributed by atoms with van der Waals surface area (Å²) in [6.45, 7) is 3.01. The molecular weight excluding hydrogens is 398 g/mol. The molecule has 30 heavy (non-hydrogen) atoms. The van der Waals surface area contributed by atoms with Crippen molar-refractivity contribution in [3.63, 3.8) is 0 Å². The molecule has 0 N–H and O–H groups in total. The number of nitrogens with zero attached hydrogens (tertiary/aromatic N) is 5. The Labute approximate surface area is 182 Å². The molecule has 1 saturated heterocycles. The van der Waals surface area contributed by atoms with E-state index in [-0.39, 0.29) is 11.9 Å². The van der Waals surface area contributed by atoms with Crippen LogP contribution in [0.5, 0.6) is 0 Å². The predicted molar refractivity (Wildman–Crippen MR) is 118 cm³/mol. The summed E-state index contributed by atoms with van der Waals surface area (Å²) in [6.07, 6.45) is 8.19. The number of rotatable bonds is 6. The van der Waals surface area contributed by atoms with Gasteiger partial charge in [-0.15, -0.1) is 0 Å². The molecule has 1 aromatic carbocycles. The summed E-state index contributed by atoms with van der Waals surface area (Å²) >= 11 is 5.95. The van der Waals surface area contributed by atoms with E-state index in [2.05, 4.69) is 21.0 Å². The average Bonchev–Trinajstić information content (AvgIpc) is 3.28. The van der Waals surface area contributed by atoms with Crippen molar-refractivity contribution < 1.29 is 4.79 Å². The molecule has 0 radical (unpaired) electrons. The minimum Gasteiger partial charge on any atom is -0.339 e. The van der Waals surface area contributed by atoms with Crippen molar-refractivity contribution in [3.05, 3.63) is 77.3 Å². The van der Waals surface area contributed by atoms with Gasteiger partial charge in [0.2, 0.25) is 0 Å². The summed E-state index contributed by atoms with van der Waals surface area (Å²) < 4.78 is 1.71. The molecule has 0 unspecified atom stereocenters. The van der Waals surface area contributed by atoms with Crippen molar-refractivity contribution in [2.24, 2.45) is 0 Å². The lowest BCUT2D eigenvalue weighted by atomic mass is 10.0. The molecule has 0 atom stereocenters. The Hall–Kier alpha value is -2.70. The molecule has 7 heteroatoms. The van der Waals surface area contributed by atoms with Crippen molar-refractivity contribution in [1.82, 2.24) is 24.6 Å². The van der Waals surface area contributed by atoms with Crippen molar-refractivity contribution >= 4 is 17.5 Å². The maximum Gasteiger partial charge on any atom is 0.257 e. The van der Waals surface area contributed by atoms with Gasteiger partial charge in [-0.1, -0.05) is 17.7 Å². The summed E-state index contributed by atoms with van der Waals surface area (Å²) in [7, 11) is 1.90. The number of carbonyl (C=O) groups excluding carboxylic acids is 1. The average molecular weight is 424 g/mol. The Morgan fingerprint density at radius 3 is 2.63 bits per heavy atom. The van der Waals surface area contributed by atoms with Crippen LogP contribution in [0.15, 0.2) is 61.1 Å². The van der Waals surface area contributed by atoms with Gasteiger partial charge in [0, 0.05) is 62.3 Å². The lowest BCUT2D eigenvalue weighted by Crippen LogP contribution is -2.46. The fourth-order valence-electron chi connectivity index (χ4n) is 3.89. The highest BCUT2D eigenvalue weighted by molar-refractivity contribution is 6.30. The van der Waals surface area contributed by atoms with E-state index in [0.717, 1.165) is 50.3 Å². The van der Waals surface area contributed by atoms with Crippen molar-refractivity contribution in [1.29, 1.82) is 0 Å². The van der Waals surface area contributed by atoms with Gasteiger partial charge in [0.1, 0.15) is 0 Å². The molecule has 1 aliphatic heterocycles. The van der Waals surface area contributed by atoms with Gasteiger partial charge in [-0.3, -0.25) is 9.78 Å². The van der Waals surface area contributed by atoms with Crippen LogP contribution in [0.2, 0.25) is 5.02 Å². The smallest absolute Gasteiger partial charge is 0.257 e. The maximum atomic E-state index is 13.0. The third-order valence-corrected chi connectivity index (χ3v) is 6.01. The SMILES string of the molecule is CN(C(=O)c1cnn(-c2ccc(Cl)cc2)c1)C1CCN(CCc2ccccn2)CC1. The summed E-state index contributed by atoms with van der Waals surface area (Å²) in [4.78, 5) is 21.7. The highest BCUT2D eigenvalue weighted by Crippen LogP contribution is 2.19. The number of pyridine rings is 1. The first-order valence-corrected chi connectivity index (χ1v) is 10.7. The van der Waals surface area contributed by atoms with Crippen LogP contribution in [-0.2, 0) is 6.42 Å². The topological polar surface area (TPSA) is 54.3 Å².